The maximum atomic E-state index is 5.44. The van der Waals surface area contributed by atoms with Gasteiger partial charge in [0.25, 0.3) is 0 Å². The number of hydrogen-bond acceptors (Lipinski definition) is 2. The summed E-state index contributed by atoms with van der Waals surface area (Å²) in [5, 5.41) is 7.17. The van der Waals surface area contributed by atoms with E-state index in [1.807, 2.05) is 31.2 Å². The Balaban J connectivity index is 1.97. The number of ether oxygens (including phenoxy) is 1. The first kappa shape index (κ1) is 17.3. The highest BCUT2D eigenvalue weighted by atomic mass is 32.1. The second-order valence-electron chi connectivity index (χ2n) is 5.64. The molecule has 2 N–H and O–H groups in total. The van der Waals surface area contributed by atoms with Crippen molar-refractivity contribution in [2.24, 2.45) is 0 Å². The van der Waals surface area contributed by atoms with Crippen LogP contribution in [0.25, 0.3) is 0 Å². The molecule has 0 heterocycles. The summed E-state index contributed by atoms with van der Waals surface area (Å²) in [5.41, 5.74) is 4.73. The first-order valence-corrected chi connectivity index (χ1v) is 8.28. The zero-order valence-corrected chi connectivity index (χ0v) is 15.0. The molecular weight excluding hydrogens is 304 g/mol. The smallest absolute Gasteiger partial charge is 0.171 e. The molecule has 0 aliphatic heterocycles. The monoisotopic (exact) mass is 328 g/mol. The number of benzene rings is 2. The third-order valence-electron chi connectivity index (χ3n) is 3.67. The van der Waals surface area contributed by atoms with E-state index in [2.05, 4.69) is 49.6 Å². The van der Waals surface area contributed by atoms with E-state index in [0.717, 1.165) is 11.4 Å². The maximum absolute atomic E-state index is 5.44. The van der Waals surface area contributed by atoms with Crippen LogP contribution in [-0.2, 0) is 0 Å². The highest BCUT2D eigenvalue weighted by molar-refractivity contribution is 7.80. The molecule has 23 heavy (non-hydrogen) atoms. The van der Waals surface area contributed by atoms with Gasteiger partial charge in [0, 0.05) is 5.69 Å². The zero-order valence-electron chi connectivity index (χ0n) is 14.1. The van der Waals surface area contributed by atoms with Gasteiger partial charge in [0.05, 0.1) is 12.6 Å². The van der Waals surface area contributed by atoms with Crippen molar-refractivity contribution in [1.29, 1.82) is 0 Å². The van der Waals surface area contributed by atoms with Gasteiger partial charge in [-0.25, -0.2) is 0 Å². The molecule has 0 aliphatic carbocycles. The lowest BCUT2D eigenvalue weighted by molar-refractivity contribution is 0.340. The van der Waals surface area contributed by atoms with Crippen LogP contribution in [0.2, 0.25) is 0 Å². The van der Waals surface area contributed by atoms with Crippen LogP contribution in [0.1, 0.15) is 36.6 Å². The van der Waals surface area contributed by atoms with E-state index in [9.17, 15) is 0 Å². The molecule has 2 rings (SSSR count). The fourth-order valence-corrected chi connectivity index (χ4v) is 2.76. The fourth-order valence-electron chi connectivity index (χ4n) is 2.47. The Morgan fingerprint density at radius 3 is 2.48 bits per heavy atom. The largest absolute Gasteiger partial charge is 0.494 e. The van der Waals surface area contributed by atoms with Crippen LogP contribution < -0.4 is 15.4 Å². The Morgan fingerprint density at radius 1 is 1.13 bits per heavy atom. The lowest BCUT2D eigenvalue weighted by Gasteiger charge is -2.19. The number of thiocarbonyl (C=S) groups is 1. The molecule has 0 aromatic heterocycles. The van der Waals surface area contributed by atoms with Gasteiger partial charge in [-0.3, -0.25) is 0 Å². The Labute approximate surface area is 144 Å². The third kappa shape index (κ3) is 4.96. The first-order chi connectivity index (χ1) is 11.0. The van der Waals surface area contributed by atoms with Gasteiger partial charge in [-0.05, 0) is 75.3 Å². The molecule has 3 nitrogen and oxygen atoms in total. The number of anilines is 1. The van der Waals surface area contributed by atoms with Crippen LogP contribution in [0.5, 0.6) is 5.75 Å². The molecule has 4 heteroatoms. The molecule has 0 spiro atoms. The van der Waals surface area contributed by atoms with Gasteiger partial charge in [0.15, 0.2) is 5.11 Å². The van der Waals surface area contributed by atoms with Crippen molar-refractivity contribution >= 4 is 23.0 Å². The lowest BCUT2D eigenvalue weighted by Crippen LogP contribution is -2.31. The molecule has 2 aromatic carbocycles. The average Bonchev–Trinajstić information content (AvgIpc) is 2.51. The zero-order chi connectivity index (χ0) is 16.8. The van der Waals surface area contributed by atoms with Gasteiger partial charge < -0.3 is 15.4 Å². The minimum absolute atomic E-state index is 0.151. The van der Waals surface area contributed by atoms with E-state index >= 15 is 0 Å². The van der Waals surface area contributed by atoms with E-state index in [4.69, 9.17) is 17.0 Å². The van der Waals surface area contributed by atoms with Crippen LogP contribution in [0.4, 0.5) is 5.69 Å². The predicted molar refractivity (Wildman–Crippen MR) is 101 cm³/mol. The summed E-state index contributed by atoms with van der Waals surface area (Å²) >= 11 is 5.42. The van der Waals surface area contributed by atoms with E-state index in [1.165, 1.54) is 16.7 Å². The topological polar surface area (TPSA) is 33.3 Å². The van der Waals surface area contributed by atoms with Crippen LogP contribution in [0.15, 0.2) is 42.5 Å². The molecule has 0 saturated heterocycles. The standard InChI is InChI=1S/C19H24N2OS/c1-5-22-17-10-8-16(9-11-17)21-19(23)20-15(4)18-12-13(2)6-7-14(18)3/h6-12,15H,5H2,1-4H3,(H2,20,21,23). The summed E-state index contributed by atoms with van der Waals surface area (Å²) in [6.07, 6.45) is 0. The molecule has 0 bridgehead atoms. The normalized spacial score (nSPS) is 11.7. The Morgan fingerprint density at radius 2 is 1.83 bits per heavy atom. The minimum Gasteiger partial charge on any atom is -0.494 e. The van der Waals surface area contributed by atoms with Gasteiger partial charge >= 0.3 is 0 Å². The summed E-state index contributed by atoms with van der Waals surface area (Å²) in [4.78, 5) is 0. The number of aryl methyl sites for hydroxylation is 2. The van der Waals surface area contributed by atoms with Crippen LogP contribution in [-0.4, -0.2) is 11.7 Å². The summed E-state index contributed by atoms with van der Waals surface area (Å²) in [5.74, 6) is 0.862. The number of hydrogen-bond donors (Lipinski definition) is 2. The van der Waals surface area contributed by atoms with E-state index in [1.54, 1.807) is 0 Å². The summed E-state index contributed by atoms with van der Waals surface area (Å²) in [6.45, 7) is 8.98. The molecule has 1 unspecified atom stereocenters. The second kappa shape index (κ2) is 7.97. The van der Waals surface area contributed by atoms with Crippen LogP contribution >= 0.6 is 12.2 Å². The van der Waals surface area contributed by atoms with Gasteiger partial charge in [-0.15, -0.1) is 0 Å². The molecule has 2 aromatic rings. The van der Waals surface area contributed by atoms with Crippen molar-refractivity contribution in [2.75, 3.05) is 11.9 Å². The molecule has 0 radical (unpaired) electrons. The van der Waals surface area contributed by atoms with Gasteiger partial charge in [0.2, 0.25) is 0 Å². The van der Waals surface area contributed by atoms with Gasteiger partial charge in [-0.1, -0.05) is 23.8 Å². The predicted octanol–water partition coefficient (Wildman–Crippen LogP) is 4.75. The molecular formula is C19H24N2OS. The Hall–Kier alpha value is -2.07. The molecule has 0 fully saturated rings. The van der Waals surface area contributed by atoms with Crippen LogP contribution in [0.3, 0.4) is 0 Å². The van der Waals surface area contributed by atoms with Crippen molar-refractivity contribution in [2.45, 2.75) is 33.7 Å². The number of nitrogens with one attached hydrogen (secondary N) is 2. The van der Waals surface area contributed by atoms with Crippen molar-refractivity contribution in [3.63, 3.8) is 0 Å². The fraction of sp³-hybridized carbons (Fsp3) is 0.316. The van der Waals surface area contributed by atoms with Crippen molar-refractivity contribution in [1.82, 2.24) is 5.32 Å². The minimum atomic E-state index is 0.151. The molecule has 0 saturated carbocycles. The van der Waals surface area contributed by atoms with Crippen molar-refractivity contribution in [3.05, 3.63) is 59.2 Å². The van der Waals surface area contributed by atoms with Crippen molar-refractivity contribution in [3.8, 4) is 5.75 Å². The maximum Gasteiger partial charge on any atom is 0.171 e. The third-order valence-corrected chi connectivity index (χ3v) is 3.89. The average molecular weight is 328 g/mol. The van der Waals surface area contributed by atoms with E-state index < -0.39 is 0 Å². The highest BCUT2D eigenvalue weighted by Crippen LogP contribution is 2.20. The van der Waals surface area contributed by atoms with Gasteiger partial charge in [0.1, 0.15) is 5.75 Å². The summed E-state index contributed by atoms with van der Waals surface area (Å²) in [7, 11) is 0. The molecule has 0 amide bonds. The summed E-state index contributed by atoms with van der Waals surface area (Å²) in [6, 6.07) is 14.4. The first-order valence-electron chi connectivity index (χ1n) is 7.87. The Bertz CT molecular complexity index is 668. The molecule has 1 atom stereocenters. The number of rotatable bonds is 5. The molecule has 122 valence electrons. The van der Waals surface area contributed by atoms with Gasteiger partial charge in [-0.2, -0.15) is 0 Å². The van der Waals surface area contributed by atoms with Crippen molar-refractivity contribution < 1.29 is 4.74 Å². The lowest BCUT2D eigenvalue weighted by atomic mass is 10.0. The Kier molecular flexibility index (Phi) is 5.99. The molecule has 0 aliphatic rings. The second-order valence-corrected chi connectivity index (χ2v) is 6.05. The summed E-state index contributed by atoms with van der Waals surface area (Å²) < 4.78 is 5.44. The van der Waals surface area contributed by atoms with E-state index in [-0.39, 0.29) is 6.04 Å². The SMILES string of the molecule is CCOc1ccc(NC(=S)NC(C)c2cc(C)ccc2C)cc1. The van der Waals surface area contributed by atoms with E-state index in [0.29, 0.717) is 11.7 Å². The highest BCUT2D eigenvalue weighted by Gasteiger charge is 2.10. The van der Waals surface area contributed by atoms with Crippen LogP contribution in [0, 0.1) is 13.8 Å². The quantitative estimate of drug-likeness (QED) is 0.776.